The van der Waals surface area contributed by atoms with Crippen LogP contribution in [0.25, 0.3) is 76.5 Å². The zero-order valence-electron chi connectivity index (χ0n) is 32.5. The molecule has 0 radical (unpaired) electrons. The van der Waals surface area contributed by atoms with Gasteiger partial charge in [-0.25, -0.2) is 0 Å². The van der Waals surface area contributed by atoms with Crippen molar-refractivity contribution in [2.24, 2.45) is 0 Å². The van der Waals surface area contributed by atoms with Gasteiger partial charge in [-0.15, -0.1) is 0 Å². The Balaban J connectivity index is 1.17. The Morgan fingerprint density at radius 3 is 1.42 bits per heavy atom. The molecule has 60 heavy (non-hydrogen) atoms. The smallest absolute Gasteiger partial charge is 0.143 e. The topological polar surface area (TPSA) is 32.8 Å². The van der Waals surface area contributed by atoms with Crippen LogP contribution in [0.4, 0.5) is 34.1 Å². The Morgan fingerprint density at radius 2 is 0.750 bits per heavy atom. The largest absolute Gasteiger partial charge is 0.455 e. The van der Waals surface area contributed by atoms with Crippen LogP contribution in [-0.2, 0) is 0 Å². The predicted octanol–water partition coefficient (Wildman–Crippen LogP) is 16.4. The molecule has 12 rings (SSSR count). The van der Waals surface area contributed by atoms with Gasteiger partial charge in [0.1, 0.15) is 22.3 Å². The molecule has 4 nitrogen and oxygen atoms in total. The lowest BCUT2D eigenvalue weighted by Gasteiger charge is -2.27. The van der Waals surface area contributed by atoms with E-state index in [0.29, 0.717) is 0 Å². The van der Waals surface area contributed by atoms with Crippen LogP contribution >= 0.6 is 0 Å². The molecule has 0 atom stereocenters. The van der Waals surface area contributed by atoms with Crippen molar-refractivity contribution in [2.45, 2.75) is 0 Å². The number of hydrogen-bond acceptors (Lipinski definition) is 4. The molecule has 0 N–H and O–H groups in total. The van der Waals surface area contributed by atoms with Crippen LogP contribution in [0.2, 0.25) is 0 Å². The number of rotatable bonds is 7. The minimum Gasteiger partial charge on any atom is -0.455 e. The number of hydrogen-bond donors (Lipinski definition) is 0. The highest BCUT2D eigenvalue weighted by Gasteiger charge is 2.24. The predicted molar refractivity (Wildman–Crippen MR) is 251 cm³/mol. The van der Waals surface area contributed by atoms with Gasteiger partial charge in [0.2, 0.25) is 0 Å². The first-order valence-electron chi connectivity index (χ1n) is 20.3. The van der Waals surface area contributed by atoms with Crippen LogP contribution < -0.4 is 9.80 Å². The van der Waals surface area contributed by atoms with Crippen molar-refractivity contribution in [2.75, 3.05) is 9.80 Å². The summed E-state index contributed by atoms with van der Waals surface area (Å²) in [5.41, 5.74) is 11.6. The van der Waals surface area contributed by atoms with Crippen molar-refractivity contribution >= 4 is 99.5 Å². The fourth-order valence-electron chi connectivity index (χ4n) is 9.09. The highest BCUT2D eigenvalue weighted by atomic mass is 16.3. The van der Waals surface area contributed by atoms with E-state index in [-0.39, 0.29) is 0 Å². The first-order valence-corrected chi connectivity index (χ1v) is 20.3. The van der Waals surface area contributed by atoms with Gasteiger partial charge in [-0.3, -0.25) is 0 Å². The van der Waals surface area contributed by atoms with E-state index < -0.39 is 0 Å². The standard InChI is InChI=1S/C56H36N2O2/c1-3-20-39(21-4-1)57(51-29-13-18-37-16-7-9-24-43(37)51)41-32-33-54-48(34-41)50-36-42(58(40-22-5-2-6-23-40)52-30-14-19-38-17-8-10-25-44(38)52)35-49(56(50)60-54)47-28-15-27-46-45-26-11-12-31-53(45)59-55(46)47/h1-36H. The fraction of sp³-hybridized carbons (Fsp3) is 0. The summed E-state index contributed by atoms with van der Waals surface area (Å²) in [6, 6.07) is 77.4. The Bertz CT molecular complexity index is 3560. The summed E-state index contributed by atoms with van der Waals surface area (Å²) in [6.45, 7) is 0. The minimum absolute atomic E-state index is 0.807. The molecule has 12 aromatic rings. The van der Waals surface area contributed by atoms with E-state index in [1.807, 2.05) is 12.1 Å². The van der Waals surface area contributed by atoms with E-state index in [1.165, 1.54) is 16.2 Å². The molecule has 0 aliphatic rings. The van der Waals surface area contributed by atoms with E-state index in [0.717, 1.165) is 94.5 Å². The molecule has 282 valence electrons. The summed E-state index contributed by atoms with van der Waals surface area (Å²) in [5.74, 6) is 0. The third kappa shape index (κ3) is 5.46. The van der Waals surface area contributed by atoms with Crippen molar-refractivity contribution in [1.29, 1.82) is 0 Å². The zero-order valence-corrected chi connectivity index (χ0v) is 32.5. The van der Waals surface area contributed by atoms with E-state index in [4.69, 9.17) is 8.83 Å². The monoisotopic (exact) mass is 768 g/mol. The van der Waals surface area contributed by atoms with Crippen molar-refractivity contribution in [1.82, 2.24) is 0 Å². The van der Waals surface area contributed by atoms with Crippen molar-refractivity contribution in [3.63, 3.8) is 0 Å². The van der Waals surface area contributed by atoms with Crippen LogP contribution in [0.15, 0.2) is 227 Å². The first-order chi connectivity index (χ1) is 29.8. The Kier molecular flexibility index (Phi) is 7.82. The van der Waals surface area contributed by atoms with Crippen molar-refractivity contribution < 1.29 is 8.83 Å². The molecule has 0 aliphatic heterocycles. The van der Waals surface area contributed by atoms with Gasteiger partial charge < -0.3 is 18.6 Å². The van der Waals surface area contributed by atoms with Crippen LogP contribution in [0.1, 0.15) is 0 Å². The summed E-state index contributed by atoms with van der Waals surface area (Å²) in [6.07, 6.45) is 0. The third-order valence-electron chi connectivity index (χ3n) is 11.8. The summed E-state index contributed by atoms with van der Waals surface area (Å²) >= 11 is 0. The van der Waals surface area contributed by atoms with E-state index >= 15 is 0 Å². The molecule has 0 unspecified atom stereocenters. The van der Waals surface area contributed by atoms with Gasteiger partial charge in [-0.2, -0.15) is 0 Å². The molecule has 4 heteroatoms. The van der Waals surface area contributed by atoms with Gasteiger partial charge in [0.15, 0.2) is 0 Å². The molecule has 2 aromatic heterocycles. The molecular weight excluding hydrogens is 733 g/mol. The second-order valence-electron chi connectivity index (χ2n) is 15.3. The highest BCUT2D eigenvalue weighted by molar-refractivity contribution is 6.17. The van der Waals surface area contributed by atoms with E-state index in [2.05, 4.69) is 216 Å². The zero-order chi connectivity index (χ0) is 39.6. The fourth-order valence-corrected chi connectivity index (χ4v) is 9.09. The van der Waals surface area contributed by atoms with Gasteiger partial charge >= 0.3 is 0 Å². The molecular formula is C56H36N2O2. The average molecular weight is 769 g/mol. The first kappa shape index (κ1) is 34.0. The minimum atomic E-state index is 0.807. The van der Waals surface area contributed by atoms with Crippen LogP contribution in [-0.4, -0.2) is 0 Å². The second-order valence-corrected chi connectivity index (χ2v) is 15.3. The SMILES string of the molecule is c1ccc(N(c2ccc3oc4c(-c5cccc6c5oc5ccccc56)cc(N(c5ccccc5)c5cccc6ccccc56)cc4c3c2)c2cccc3ccccc23)cc1. The van der Waals surface area contributed by atoms with Crippen LogP contribution in [0.3, 0.4) is 0 Å². The summed E-state index contributed by atoms with van der Waals surface area (Å²) in [7, 11) is 0. The lowest BCUT2D eigenvalue weighted by atomic mass is 9.97. The maximum absolute atomic E-state index is 7.02. The van der Waals surface area contributed by atoms with Crippen molar-refractivity contribution in [3.8, 4) is 11.1 Å². The Labute approximate surface area is 346 Å². The lowest BCUT2D eigenvalue weighted by Crippen LogP contribution is -2.10. The number of fused-ring (bicyclic) bond motifs is 8. The number of para-hydroxylation sites is 4. The maximum Gasteiger partial charge on any atom is 0.143 e. The average Bonchev–Trinajstić information content (AvgIpc) is 3.88. The molecule has 0 bridgehead atoms. The van der Waals surface area contributed by atoms with Gasteiger partial charge in [-0.05, 0) is 83.6 Å². The van der Waals surface area contributed by atoms with E-state index in [9.17, 15) is 0 Å². The second kappa shape index (κ2) is 13.8. The number of nitrogens with zero attached hydrogens (tertiary/aromatic N) is 2. The highest BCUT2D eigenvalue weighted by Crippen LogP contribution is 2.48. The summed E-state index contributed by atoms with van der Waals surface area (Å²) in [4.78, 5) is 4.73. The Hall–Kier alpha value is -8.08. The van der Waals surface area contributed by atoms with Gasteiger partial charge in [0, 0.05) is 66.2 Å². The number of anilines is 6. The normalized spacial score (nSPS) is 11.7. The van der Waals surface area contributed by atoms with E-state index in [1.54, 1.807) is 0 Å². The molecule has 0 saturated carbocycles. The van der Waals surface area contributed by atoms with Gasteiger partial charge in [0.25, 0.3) is 0 Å². The van der Waals surface area contributed by atoms with Crippen LogP contribution in [0, 0.1) is 0 Å². The van der Waals surface area contributed by atoms with Gasteiger partial charge in [0.05, 0.1) is 11.4 Å². The number of benzene rings is 10. The third-order valence-corrected chi connectivity index (χ3v) is 11.8. The molecule has 2 heterocycles. The quantitative estimate of drug-likeness (QED) is 0.162. The van der Waals surface area contributed by atoms with Crippen molar-refractivity contribution in [3.05, 3.63) is 218 Å². The number of furan rings is 2. The molecule has 10 aromatic carbocycles. The van der Waals surface area contributed by atoms with Gasteiger partial charge in [-0.1, -0.05) is 146 Å². The van der Waals surface area contributed by atoms with Crippen LogP contribution in [0.5, 0.6) is 0 Å². The lowest BCUT2D eigenvalue weighted by molar-refractivity contribution is 0.665. The summed E-state index contributed by atoms with van der Waals surface area (Å²) < 4.78 is 13.7. The summed E-state index contributed by atoms with van der Waals surface area (Å²) in [5, 5.41) is 8.91. The Morgan fingerprint density at radius 1 is 0.267 bits per heavy atom. The molecule has 0 aliphatic carbocycles. The maximum atomic E-state index is 7.02. The molecule has 0 spiro atoms. The molecule has 0 fully saturated rings. The molecule has 0 saturated heterocycles. The molecule has 0 amide bonds.